The first kappa shape index (κ1) is 11.1. The molecule has 2 atom stereocenters. The Labute approximate surface area is 93.6 Å². The van der Waals surface area contributed by atoms with E-state index >= 15 is 0 Å². The lowest BCUT2D eigenvalue weighted by Crippen LogP contribution is -2.36. The third-order valence-corrected chi connectivity index (χ3v) is 2.80. The minimum Gasteiger partial charge on any atom is -0.378 e. The normalized spacial score (nSPS) is 24.6. The van der Waals surface area contributed by atoms with E-state index < -0.39 is 0 Å². The zero-order chi connectivity index (χ0) is 11.5. The molecule has 2 N–H and O–H groups in total. The SMILES string of the molecule is COC1CNCC1Nc1nccn(C)c1=O. The zero-order valence-corrected chi connectivity index (χ0v) is 9.43. The van der Waals surface area contributed by atoms with Gasteiger partial charge in [-0.25, -0.2) is 4.98 Å². The predicted molar refractivity (Wildman–Crippen MR) is 60.6 cm³/mol. The molecule has 1 aromatic heterocycles. The molecule has 6 heteroatoms. The van der Waals surface area contributed by atoms with Crippen molar-refractivity contribution in [3.05, 3.63) is 22.7 Å². The van der Waals surface area contributed by atoms with E-state index in [9.17, 15) is 4.79 Å². The van der Waals surface area contributed by atoms with E-state index in [1.807, 2.05) is 0 Å². The number of aryl methyl sites for hydroxylation is 1. The van der Waals surface area contributed by atoms with Crippen LogP contribution < -0.4 is 16.2 Å². The van der Waals surface area contributed by atoms with Crippen LogP contribution in [0.15, 0.2) is 17.2 Å². The lowest BCUT2D eigenvalue weighted by atomic mass is 10.2. The maximum atomic E-state index is 11.7. The maximum absolute atomic E-state index is 11.7. The number of rotatable bonds is 3. The van der Waals surface area contributed by atoms with Crippen LogP contribution in [0.5, 0.6) is 0 Å². The van der Waals surface area contributed by atoms with Crippen molar-refractivity contribution in [2.24, 2.45) is 7.05 Å². The number of hydrogen-bond donors (Lipinski definition) is 2. The van der Waals surface area contributed by atoms with Crippen LogP contribution in [0.1, 0.15) is 0 Å². The molecule has 0 radical (unpaired) electrons. The largest absolute Gasteiger partial charge is 0.378 e. The van der Waals surface area contributed by atoms with Crippen molar-refractivity contribution >= 4 is 5.82 Å². The highest BCUT2D eigenvalue weighted by Gasteiger charge is 2.27. The molecule has 1 aliphatic rings. The van der Waals surface area contributed by atoms with Crippen molar-refractivity contribution in [1.29, 1.82) is 0 Å². The highest BCUT2D eigenvalue weighted by Crippen LogP contribution is 2.08. The first-order valence-corrected chi connectivity index (χ1v) is 5.24. The van der Waals surface area contributed by atoms with Crippen LogP contribution in [0.3, 0.4) is 0 Å². The van der Waals surface area contributed by atoms with Gasteiger partial charge in [0.2, 0.25) is 0 Å². The maximum Gasteiger partial charge on any atom is 0.293 e. The van der Waals surface area contributed by atoms with Gasteiger partial charge < -0.3 is 19.9 Å². The Morgan fingerprint density at radius 3 is 3.19 bits per heavy atom. The number of methoxy groups -OCH3 is 1. The molecule has 2 rings (SSSR count). The van der Waals surface area contributed by atoms with Gasteiger partial charge >= 0.3 is 0 Å². The van der Waals surface area contributed by atoms with E-state index in [1.165, 1.54) is 4.57 Å². The van der Waals surface area contributed by atoms with Gasteiger partial charge in [0.1, 0.15) is 0 Å². The quantitative estimate of drug-likeness (QED) is 0.702. The van der Waals surface area contributed by atoms with Gasteiger partial charge in [0.05, 0.1) is 12.1 Å². The van der Waals surface area contributed by atoms with E-state index in [0.717, 1.165) is 13.1 Å². The van der Waals surface area contributed by atoms with E-state index in [4.69, 9.17) is 4.74 Å². The third kappa shape index (κ3) is 2.07. The van der Waals surface area contributed by atoms with Gasteiger partial charge in [-0.1, -0.05) is 0 Å². The number of aromatic nitrogens is 2. The summed E-state index contributed by atoms with van der Waals surface area (Å²) in [5, 5.41) is 6.32. The molecule has 88 valence electrons. The number of nitrogens with zero attached hydrogens (tertiary/aromatic N) is 2. The van der Waals surface area contributed by atoms with Crippen molar-refractivity contribution in [3.8, 4) is 0 Å². The molecule has 6 nitrogen and oxygen atoms in total. The fraction of sp³-hybridized carbons (Fsp3) is 0.600. The lowest BCUT2D eigenvalue weighted by molar-refractivity contribution is 0.111. The highest BCUT2D eigenvalue weighted by atomic mass is 16.5. The number of hydrogen-bond acceptors (Lipinski definition) is 5. The molecule has 0 aromatic carbocycles. The summed E-state index contributed by atoms with van der Waals surface area (Å²) < 4.78 is 6.80. The van der Waals surface area contributed by atoms with Crippen LogP contribution in [0.25, 0.3) is 0 Å². The van der Waals surface area contributed by atoms with Gasteiger partial charge in [-0.2, -0.15) is 0 Å². The molecule has 1 saturated heterocycles. The van der Waals surface area contributed by atoms with E-state index in [1.54, 1.807) is 26.6 Å². The number of nitrogens with one attached hydrogen (secondary N) is 2. The Morgan fingerprint density at radius 2 is 2.44 bits per heavy atom. The second-order valence-corrected chi connectivity index (χ2v) is 3.88. The minimum absolute atomic E-state index is 0.0757. The number of ether oxygens (including phenoxy) is 1. The molecular formula is C10H16N4O2. The highest BCUT2D eigenvalue weighted by molar-refractivity contribution is 5.33. The first-order chi connectivity index (χ1) is 7.72. The van der Waals surface area contributed by atoms with Gasteiger partial charge in [-0.15, -0.1) is 0 Å². The topological polar surface area (TPSA) is 68.2 Å². The molecule has 2 heterocycles. The molecule has 0 saturated carbocycles. The molecular weight excluding hydrogens is 208 g/mol. The van der Waals surface area contributed by atoms with Crippen LogP contribution >= 0.6 is 0 Å². The summed E-state index contributed by atoms with van der Waals surface area (Å²) in [5.74, 6) is 0.376. The molecule has 0 aliphatic carbocycles. The van der Waals surface area contributed by atoms with Crippen molar-refractivity contribution in [1.82, 2.24) is 14.9 Å². The summed E-state index contributed by atoms with van der Waals surface area (Å²) >= 11 is 0. The molecule has 16 heavy (non-hydrogen) atoms. The molecule has 0 bridgehead atoms. The van der Waals surface area contributed by atoms with Gasteiger partial charge in [0.15, 0.2) is 5.82 Å². The van der Waals surface area contributed by atoms with Crippen LogP contribution in [0.4, 0.5) is 5.82 Å². The number of anilines is 1. The molecule has 1 aliphatic heterocycles. The standard InChI is InChI=1S/C10H16N4O2/c1-14-4-3-12-9(10(14)15)13-7-5-11-6-8(7)16-2/h3-4,7-8,11H,5-6H2,1-2H3,(H,12,13). The Hall–Kier alpha value is -1.40. The van der Waals surface area contributed by atoms with Gasteiger partial charge in [0, 0.05) is 39.6 Å². The third-order valence-electron chi connectivity index (χ3n) is 2.80. The average molecular weight is 224 g/mol. The van der Waals surface area contributed by atoms with E-state index in [-0.39, 0.29) is 17.7 Å². The van der Waals surface area contributed by atoms with Gasteiger partial charge in [-0.3, -0.25) is 4.79 Å². The fourth-order valence-electron chi connectivity index (χ4n) is 1.82. The predicted octanol–water partition coefficient (Wildman–Crippen LogP) is -0.821. The molecule has 0 amide bonds. The van der Waals surface area contributed by atoms with Crippen LogP contribution in [0, 0.1) is 0 Å². The van der Waals surface area contributed by atoms with Gasteiger partial charge in [0.25, 0.3) is 5.56 Å². The van der Waals surface area contributed by atoms with Crippen LogP contribution in [-0.2, 0) is 11.8 Å². The summed E-state index contributed by atoms with van der Waals surface area (Å²) in [4.78, 5) is 15.8. The Morgan fingerprint density at radius 1 is 1.62 bits per heavy atom. The van der Waals surface area contributed by atoms with Crippen LogP contribution in [0.2, 0.25) is 0 Å². The Bertz CT molecular complexity index is 418. The van der Waals surface area contributed by atoms with E-state index in [0.29, 0.717) is 5.82 Å². The second kappa shape index (κ2) is 4.63. The lowest BCUT2D eigenvalue weighted by Gasteiger charge is -2.18. The first-order valence-electron chi connectivity index (χ1n) is 5.24. The zero-order valence-electron chi connectivity index (χ0n) is 9.43. The molecule has 2 unspecified atom stereocenters. The smallest absolute Gasteiger partial charge is 0.293 e. The molecule has 0 spiro atoms. The Kier molecular flexibility index (Phi) is 3.21. The van der Waals surface area contributed by atoms with Crippen molar-refractivity contribution < 1.29 is 4.74 Å². The fourth-order valence-corrected chi connectivity index (χ4v) is 1.82. The summed E-state index contributed by atoms with van der Waals surface area (Å²) in [6.45, 7) is 1.57. The summed E-state index contributed by atoms with van der Waals surface area (Å²) in [6.07, 6.45) is 3.31. The van der Waals surface area contributed by atoms with Crippen molar-refractivity contribution in [3.63, 3.8) is 0 Å². The summed E-state index contributed by atoms with van der Waals surface area (Å²) in [5.41, 5.74) is -0.121. The monoisotopic (exact) mass is 224 g/mol. The summed E-state index contributed by atoms with van der Waals surface area (Å²) in [7, 11) is 3.37. The second-order valence-electron chi connectivity index (χ2n) is 3.88. The Balaban J connectivity index is 2.15. The van der Waals surface area contributed by atoms with Crippen molar-refractivity contribution in [2.45, 2.75) is 12.1 Å². The average Bonchev–Trinajstić information content (AvgIpc) is 2.72. The minimum atomic E-state index is -0.121. The molecule has 1 fully saturated rings. The van der Waals surface area contributed by atoms with Gasteiger partial charge in [-0.05, 0) is 0 Å². The summed E-state index contributed by atoms with van der Waals surface area (Å²) in [6, 6.07) is 0.0904. The molecule has 1 aromatic rings. The van der Waals surface area contributed by atoms with Crippen molar-refractivity contribution in [2.75, 3.05) is 25.5 Å². The van der Waals surface area contributed by atoms with Crippen LogP contribution in [-0.4, -0.2) is 41.9 Å². The van der Waals surface area contributed by atoms with E-state index in [2.05, 4.69) is 15.6 Å².